The molecule has 3 rings (SSSR count). The molecule has 0 unspecified atom stereocenters. The number of hydrogen-bond acceptors (Lipinski definition) is 3. The monoisotopic (exact) mass is 515 g/mol. The summed E-state index contributed by atoms with van der Waals surface area (Å²) in [6.45, 7) is 3.92. The van der Waals surface area contributed by atoms with Crippen molar-refractivity contribution < 1.29 is 9.13 Å². The van der Waals surface area contributed by atoms with Crippen molar-refractivity contribution >= 4 is 55.0 Å². The number of halogens is 3. The van der Waals surface area contributed by atoms with E-state index in [0.717, 1.165) is 33.0 Å². The lowest BCUT2D eigenvalue weighted by atomic mass is 9.74. The van der Waals surface area contributed by atoms with Crippen molar-refractivity contribution in [1.82, 2.24) is 10.3 Å². The highest BCUT2D eigenvalue weighted by Crippen LogP contribution is 2.34. The molecule has 1 aliphatic heterocycles. The molecule has 0 aliphatic carbocycles. The van der Waals surface area contributed by atoms with Crippen LogP contribution < -0.4 is 10.6 Å². The van der Waals surface area contributed by atoms with Crippen LogP contribution in [0.15, 0.2) is 39.3 Å². The molecule has 144 valence electrons. The molecule has 2 N–H and O–H groups in total. The van der Waals surface area contributed by atoms with Gasteiger partial charge in [0.2, 0.25) is 0 Å². The molecule has 0 bridgehead atoms. The van der Waals surface area contributed by atoms with Gasteiger partial charge in [0.15, 0.2) is 5.11 Å². The van der Waals surface area contributed by atoms with Crippen LogP contribution in [0.25, 0.3) is 0 Å². The zero-order valence-electron chi connectivity index (χ0n) is 14.8. The van der Waals surface area contributed by atoms with Gasteiger partial charge in [0.1, 0.15) is 11.6 Å². The van der Waals surface area contributed by atoms with Crippen LogP contribution in [0.5, 0.6) is 0 Å². The predicted molar refractivity (Wildman–Crippen MR) is 117 cm³/mol. The van der Waals surface area contributed by atoms with Crippen molar-refractivity contribution in [2.24, 2.45) is 0 Å². The first-order chi connectivity index (χ1) is 12.9. The molecular weight excluding hydrogens is 497 g/mol. The Morgan fingerprint density at radius 3 is 2.56 bits per heavy atom. The average Bonchev–Trinajstić information content (AvgIpc) is 2.66. The number of ether oxygens (including phenoxy) is 1. The summed E-state index contributed by atoms with van der Waals surface area (Å²) in [6.07, 6.45) is 1.71. The highest BCUT2D eigenvalue weighted by Gasteiger charge is 2.34. The Bertz CT molecular complexity index is 826. The summed E-state index contributed by atoms with van der Waals surface area (Å²) in [5.74, 6) is 0.434. The highest BCUT2D eigenvalue weighted by atomic mass is 79.9. The standard InChI is InChI=1S/C19H20Br2FN3OS/c1-12-15(20)10-16(21)17(24-12)25-18(27)23-11-19(6-8-26-9-7-19)13-2-4-14(22)5-3-13/h2-5,10H,6-9,11H2,1H3,(H2,23,24,25,27). The van der Waals surface area contributed by atoms with E-state index in [4.69, 9.17) is 17.0 Å². The van der Waals surface area contributed by atoms with E-state index in [1.807, 2.05) is 25.1 Å². The second-order valence-corrected chi connectivity index (χ2v) is 8.71. The smallest absolute Gasteiger partial charge is 0.172 e. The first-order valence-electron chi connectivity index (χ1n) is 8.61. The Morgan fingerprint density at radius 2 is 1.89 bits per heavy atom. The van der Waals surface area contributed by atoms with Gasteiger partial charge in [-0.2, -0.15) is 0 Å². The lowest BCUT2D eigenvalue weighted by Gasteiger charge is -2.38. The third-order valence-corrected chi connectivity index (χ3v) is 6.48. The molecule has 2 heterocycles. The van der Waals surface area contributed by atoms with Crippen LogP contribution >= 0.6 is 44.1 Å². The minimum atomic E-state index is -0.229. The van der Waals surface area contributed by atoms with Gasteiger partial charge in [-0.25, -0.2) is 9.37 Å². The number of benzene rings is 1. The van der Waals surface area contributed by atoms with Gasteiger partial charge in [-0.15, -0.1) is 0 Å². The molecule has 8 heteroatoms. The SMILES string of the molecule is Cc1nc(NC(=S)NCC2(c3ccc(F)cc3)CCOCC2)c(Br)cc1Br. The Hall–Kier alpha value is -1.09. The van der Waals surface area contributed by atoms with E-state index in [9.17, 15) is 4.39 Å². The molecule has 2 aromatic rings. The third kappa shape index (κ3) is 5.04. The van der Waals surface area contributed by atoms with E-state index in [2.05, 4.69) is 47.5 Å². The maximum absolute atomic E-state index is 13.3. The number of thiocarbonyl (C=S) groups is 1. The zero-order chi connectivity index (χ0) is 19.4. The predicted octanol–water partition coefficient (Wildman–Crippen LogP) is 5.09. The number of anilines is 1. The molecule has 0 amide bonds. The Morgan fingerprint density at radius 1 is 1.22 bits per heavy atom. The molecule has 0 saturated carbocycles. The van der Waals surface area contributed by atoms with E-state index in [0.29, 0.717) is 30.7 Å². The first kappa shape index (κ1) is 20.6. The maximum atomic E-state index is 13.3. The number of hydrogen-bond donors (Lipinski definition) is 2. The van der Waals surface area contributed by atoms with Crippen LogP contribution in [-0.4, -0.2) is 29.9 Å². The summed E-state index contributed by atoms with van der Waals surface area (Å²) in [5, 5.41) is 6.96. The number of pyridine rings is 1. The summed E-state index contributed by atoms with van der Waals surface area (Å²) in [6, 6.07) is 8.67. The van der Waals surface area contributed by atoms with Crippen molar-refractivity contribution in [3.05, 3.63) is 56.4 Å². The van der Waals surface area contributed by atoms with Crippen molar-refractivity contribution in [2.45, 2.75) is 25.2 Å². The van der Waals surface area contributed by atoms with Crippen molar-refractivity contribution in [3.8, 4) is 0 Å². The van der Waals surface area contributed by atoms with Crippen molar-refractivity contribution in [3.63, 3.8) is 0 Å². The summed E-state index contributed by atoms with van der Waals surface area (Å²) in [5.41, 5.74) is 1.83. The lowest BCUT2D eigenvalue weighted by Crippen LogP contribution is -2.45. The molecular formula is C19H20Br2FN3OS. The summed E-state index contributed by atoms with van der Waals surface area (Å²) >= 11 is 12.4. The van der Waals surface area contributed by atoms with Crippen molar-refractivity contribution in [2.75, 3.05) is 25.1 Å². The van der Waals surface area contributed by atoms with E-state index in [-0.39, 0.29) is 11.2 Å². The second kappa shape index (κ2) is 8.94. The highest BCUT2D eigenvalue weighted by molar-refractivity contribution is 9.11. The van der Waals surface area contributed by atoms with Gasteiger partial charge >= 0.3 is 0 Å². The quantitative estimate of drug-likeness (QED) is 0.554. The lowest BCUT2D eigenvalue weighted by molar-refractivity contribution is 0.0515. The van der Waals surface area contributed by atoms with Gasteiger partial charge < -0.3 is 15.4 Å². The topological polar surface area (TPSA) is 46.2 Å². The fourth-order valence-electron chi connectivity index (χ4n) is 3.18. The number of nitrogens with one attached hydrogen (secondary N) is 2. The Labute approximate surface area is 180 Å². The van der Waals surface area contributed by atoms with Gasteiger partial charge in [-0.1, -0.05) is 12.1 Å². The van der Waals surface area contributed by atoms with Gasteiger partial charge in [-0.05, 0) is 87.6 Å². The van der Waals surface area contributed by atoms with E-state index in [1.54, 1.807) is 0 Å². The number of rotatable bonds is 4. The van der Waals surface area contributed by atoms with Crippen LogP contribution in [0.1, 0.15) is 24.1 Å². The molecule has 1 fully saturated rings. The van der Waals surface area contributed by atoms with Crippen LogP contribution in [-0.2, 0) is 10.2 Å². The normalized spacial score (nSPS) is 16.0. The molecule has 1 saturated heterocycles. The number of aromatic nitrogens is 1. The molecule has 1 aliphatic rings. The van der Waals surface area contributed by atoms with Crippen LogP contribution in [0.4, 0.5) is 10.2 Å². The summed E-state index contributed by atoms with van der Waals surface area (Å²) in [4.78, 5) is 4.50. The first-order valence-corrected chi connectivity index (χ1v) is 10.6. The summed E-state index contributed by atoms with van der Waals surface area (Å²) < 4.78 is 20.6. The number of aryl methyl sites for hydroxylation is 1. The molecule has 27 heavy (non-hydrogen) atoms. The van der Waals surface area contributed by atoms with E-state index < -0.39 is 0 Å². The molecule has 0 spiro atoms. The number of nitrogens with zero attached hydrogens (tertiary/aromatic N) is 1. The average molecular weight is 517 g/mol. The van der Waals surface area contributed by atoms with Crippen LogP contribution in [0.2, 0.25) is 0 Å². The van der Waals surface area contributed by atoms with Gasteiger partial charge in [-0.3, -0.25) is 0 Å². The van der Waals surface area contributed by atoms with Crippen molar-refractivity contribution in [1.29, 1.82) is 0 Å². The van der Waals surface area contributed by atoms with Crippen LogP contribution in [0, 0.1) is 12.7 Å². The van der Waals surface area contributed by atoms with E-state index >= 15 is 0 Å². The molecule has 0 radical (unpaired) electrons. The minimum absolute atomic E-state index is 0.141. The van der Waals surface area contributed by atoms with Gasteiger partial charge in [0.05, 0.1) is 10.2 Å². The summed E-state index contributed by atoms with van der Waals surface area (Å²) in [7, 11) is 0. The second-order valence-electron chi connectivity index (χ2n) is 6.59. The largest absolute Gasteiger partial charge is 0.381 e. The zero-order valence-corrected chi connectivity index (χ0v) is 18.8. The Kier molecular flexibility index (Phi) is 6.83. The Balaban J connectivity index is 1.71. The minimum Gasteiger partial charge on any atom is -0.381 e. The third-order valence-electron chi connectivity index (χ3n) is 4.83. The van der Waals surface area contributed by atoms with Gasteiger partial charge in [0.25, 0.3) is 0 Å². The molecule has 1 aromatic heterocycles. The van der Waals surface area contributed by atoms with Crippen LogP contribution in [0.3, 0.4) is 0 Å². The van der Waals surface area contributed by atoms with Gasteiger partial charge in [0, 0.05) is 29.6 Å². The van der Waals surface area contributed by atoms with E-state index in [1.165, 1.54) is 12.1 Å². The fourth-order valence-corrected chi connectivity index (χ4v) is 4.39. The maximum Gasteiger partial charge on any atom is 0.172 e. The molecule has 0 atom stereocenters. The fraction of sp³-hybridized carbons (Fsp3) is 0.368. The molecule has 4 nitrogen and oxygen atoms in total. The molecule has 1 aromatic carbocycles.